The Bertz CT molecular complexity index is 5380. The average Bonchev–Trinajstić information content (AvgIpc) is 2.49. The van der Waals surface area contributed by atoms with Gasteiger partial charge in [-0.1, -0.05) is 146 Å². The molecule has 18 aromatic rings. The zero-order valence-electron chi connectivity index (χ0n) is 44.5. The van der Waals surface area contributed by atoms with E-state index >= 15 is 0 Å². The molecule has 0 saturated carbocycles. The molecule has 0 aliphatic rings. The number of nitrogens with zero attached hydrogens (tertiary/aromatic N) is 6. The van der Waals surface area contributed by atoms with Gasteiger partial charge in [-0.15, -0.1) is 0 Å². The van der Waals surface area contributed by atoms with E-state index in [1.165, 1.54) is 47.2 Å². The van der Waals surface area contributed by atoms with E-state index in [0.29, 0.717) is 0 Å². The van der Waals surface area contributed by atoms with Crippen LogP contribution in [0.15, 0.2) is 294 Å². The third-order valence-corrected chi connectivity index (χ3v) is 16.6. The lowest BCUT2D eigenvalue weighted by molar-refractivity contribution is 0.668. The summed E-state index contributed by atoms with van der Waals surface area (Å²) in [5.41, 5.74) is 17.8. The molecule has 0 aliphatic heterocycles. The fourth-order valence-electron chi connectivity index (χ4n) is 12.1. The molecule has 0 atom stereocenters. The molecule has 0 fully saturated rings. The summed E-state index contributed by atoms with van der Waals surface area (Å²) >= 11 is 2.28. The SMILES string of the molecule is Ic1ccccc1.c1ccc(-c2nc3ccccc3n2-c2ccc3oc4ccc(-n5c6ccccc6c6ccccc65)cc4c3c2)cc1.c1ccc2c(c1)ncn2-c1ccc2oc3ccc(-n4c5ccccc5c5ccccc54)cc3c2c1. The van der Waals surface area contributed by atoms with E-state index in [1.54, 1.807) is 0 Å². The highest BCUT2D eigenvalue weighted by Gasteiger charge is 2.19. The first-order valence-corrected chi connectivity index (χ1v) is 28.7. The van der Waals surface area contributed by atoms with Gasteiger partial charge in [0.05, 0.1) is 44.1 Å². The van der Waals surface area contributed by atoms with E-state index in [0.717, 1.165) is 100 Å². The Morgan fingerprint density at radius 1 is 0.289 bits per heavy atom. The Kier molecular flexibility index (Phi) is 11.6. The van der Waals surface area contributed by atoms with Crippen molar-refractivity contribution in [1.29, 1.82) is 0 Å². The summed E-state index contributed by atoms with van der Waals surface area (Å²) in [7, 11) is 0. The molecule has 0 amide bonds. The second kappa shape index (κ2) is 19.9. The van der Waals surface area contributed by atoms with Crippen molar-refractivity contribution in [3.63, 3.8) is 0 Å². The molecule has 83 heavy (non-hydrogen) atoms. The molecule has 0 aliphatic carbocycles. The van der Waals surface area contributed by atoms with Crippen LogP contribution in [0.4, 0.5) is 0 Å². The zero-order chi connectivity index (χ0) is 55.0. The number of fused-ring (bicyclic) bond motifs is 14. The summed E-state index contributed by atoms with van der Waals surface area (Å²) in [5.74, 6) is 0.921. The van der Waals surface area contributed by atoms with Crippen molar-refractivity contribution in [3.8, 4) is 34.1 Å². The number of halogens is 1. The number of imidazole rings is 2. The van der Waals surface area contributed by atoms with Gasteiger partial charge >= 0.3 is 0 Å². The Morgan fingerprint density at radius 2 is 0.651 bits per heavy atom. The molecule has 9 heteroatoms. The first-order chi connectivity index (χ1) is 41.1. The molecular formula is C74H47IN6O2. The fourth-order valence-corrected chi connectivity index (χ4v) is 12.5. The smallest absolute Gasteiger partial charge is 0.145 e. The normalized spacial score (nSPS) is 11.7. The molecular weight excluding hydrogens is 1130 g/mol. The van der Waals surface area contributed by atoms with Gasteiger partial charge in [-0.2, -0.15) is 0 Å². The number of rotatable bonds is 5. The number of furan rings is 2. The third kappa shape index (κ3) is 8.26. The monoisotopic (exact) mass is 1180 g/mol. The van der Waals surface area contributed by atoms with Crippen molar-refractivity contribution in [1.82, 2.24) is 28.2 Å². The molecule has 0 radical (unpaired) electrons. The minimum Gasteiger partial charge on any atom is -0.456 e. The van der Waals surface area contributed by atoms with Crippen LogP contribution in [0, 0.1) is 3.57 Å². The van der Waals surface area contributed by atoms with Gasteiger partial charge in [-0.25, -0.2) is 9.97 Å². The number of hydrogen-bond acceptors (Lipinski definition) is 4. The van der Waals surface area contributed by atoms with Crippen LogP contribution >= 0.6 is 22.6 Å². The summed E-state index contributed by atoms with van der Waals surface area (Å²) in [6.07, 6.45) is 1.89. The molecule has 0 bridgehead atoms. The molecule has 6 aromatic heterocycles. The lowest BCUT2D eigenvalue weighted by atomic mass is 10.1. The summed E-state index contributed by atoms with van der Waals surface area (Å²) in [5, 5.41) is 9.39. The Labute approximate surface area is 489 Å². The standard InChI is InChI=1S/C37H23N3O.C31H19N3O.C6H5I/c1-2-10-24(11-3-1)37-38-31-14-6-9-17-34(31)40(37)26-19-21-36-30(23-26)29-22-25(18-20-35(29)41-36)39-32-15-7-4-12-27(32)28-13-5-8-16-33(28)39;1-4-10-27-22(7-1)23-8-2-5-11-28(23)34(27)21-14-16-31-25(18-21)24-17-20(13-15-30(24)35-31)33-19-32-26-9-3-6-12-29(26)33;7-6-4-2-1-3-5-6/h1-23H;1-19H;1-5H. The topological polar surface area (TPSA) is 71.8 Å². The van der Waals surface area contributed by atoms with Crippen LogP contribution in [0.2, 0.25) is 0 Å². The lowest BCUT2D eigenvalue weighted by Gasteiger charge is -2.10. The van der Waals surface area contributed by atoms with Crippen LogP contribution in [-0.4, -0.2) is 28.2 Å². The predicted octanol–water partition coefficient (Wildman–Crippen LogP) is 20.0. The van der Waals surface area contributed by atoms with E-state index < -0.39 is 0 Å². The Hall–Kier alpha value is -10.5. The zero-order valence-corrected chi connectivity index (χ0v) is 46.7. The molecule has 0 spiro atoms. The van der Waals surface area contributed by atoms with Gasteiger partial charge in [0.15, 0.2) is 0 Å². The average molecular weight is 1180 g/mol. The summed E-state index contributed by atoms with van der Waals surface area (Å²) in [4.78, 5) is 9.60. The second-order valence-electron chi connectivity index (χ2n) is 20.7. The molecule has 8 nitrogen and oxygen atoms in total. The number of hydrogen-bond donors (Lipinski definition) is 0. The maximum absolute atomic E-state index is 6.34. The van der Waals surface area contributed by atoms with E-state index in [2.05, 4.69) is 276 Å². The van der Waals surface area contributed by atoms with E-state index in [4.69, 9.17) is 13.8 Å². The van der Waals surface area contributed by atoms with Crippen molar-refractivity contribution in [2.24, 2.45) is 0 Å². The van der Waals surface area contributed by atoms with E-state index in [9.17, 15) is 0 Å². The van der Waals surface area contributed by atoms with Crippen molar-refractivity contribution < 1.29 is 8.83 Å². The number of benzene rings is 12. The Morgan fingerprint density at radius 3 is 1.11 bits per heavy atom. The third-order valence-electron chi connectivity index (χ3n) is 15.9. The quantitative estimate of drug-likeness (QED) is 0.161. The maximum Gasteiger partial charge on any atom is 0.145 e. The van der Waals surface area contributed by atoms with Crippen LogP contribution in [-0.2, 0) is 0 Å². The number of para-hydroxylation sites is 8. The van der Waals surface area contributed by atoms with E-state index in [1.807, 2.05) is 54.9 Å². The minimum atomic E-state index is 0.869. The van der Waals surface area contributed by atoms with Gasteiger partial charge < -0.3 is 18.0 Å². The Balaban J connectivity index is 0.000000123. The fraction of sp³-hybridized carbons (Fsp3) is 0. The van der Waals surface area contributed by atoms with Gasteiger partial charge in [0, 0.05) is 75.0 Å². The summed E-state index contributed by atoms with van der Waals surface area (Å²) in [6.45, 7) is 0. The summed E-state index contributed by atoms with van der Waals surface area (Å²) in [6, 6.07) is 97.3. The molecule has 6 heterocycles. The predicted molar refractivity (Wildman–Crippen MR) is 350 cm³/mol. The van der Waals surface area contributed by atoms with Crippen molar-refractivity contribution in [2.45, 2.75) is 0 Å². The van der Waals surface area contributed by atoms with Crippen LogP contribution < -0.4 is 0 Å². The van der Waals surface area contributed by atoms with Gasteiger partial charge in [-0.05, 0) is 156 Å². The van der Waals surface area contributed by atoms with Gasteiger partial charge in [0.25, 0.3) is 0 Å². The minimum absolute atomic E-state index is 0.869. The molecule has 0 saturated heterocycles. The van der Waals surface area contributed by atoms with Gasteiger partial charge in [0.1, 0.15) is 34.5 Å². The highest BCUT2D eigenvalue weighted by molar-refractivity contribution is 14.1. The summed E-state index contributed by atoms with van der Waals surface area (Å²) < 4.78 is 22.9. The highest BCUT2D eigenvalue weighted by Crippen LogP contribution is 2.39. The van der Waals surface area contributed by atoms with E-state index in [-0.39, 0.29) is 0 Å². The first kappa shape index (κ1) is 48.4. The van der Waals surface area contributed by atoms with Crippen LogP contribution in [0.5, 0.6) is 0 Å². The first-order valence-electron chi connectivity index (χ1n) is 27.6. The van der Waals surface area contributed by atoms with Crippen LogP contribution in [0.3, 0.4) is 0 Å². The molecule has 0 N–H and O–H groups in total. The largest absolute Gasteiger partial charge is 0.456 e. The molecule has 392 valence electrons. The van der Waals surface area contributed by atoms with Gasteiger partial charge in [0.2, 0.25) is 0 Å². The van der Waals surface area contributed by atoms with Crippen LogP contribution in [0.25, 0.3) is 144 Å². The van der Waals surface area contributed by atoms with Crippen molar-refractivity contribution in [2.75, 3.05) is 0 Å². The van der Waals surface area contributed by atoms with Crippen molar-refractivity contribution in [3.05, 3.63) is 289 Å². The highest BCUT2D eigenvalue weighted by atomic mass is 127. The lowest BCUT2D eigenvalue weighted by Crippen LogP contribution is -1.97. The maximum atomic E-state index is 6.34. The second-order valence-corrected chi connectivity index (χ2v) is 21.9. The number of aromatic nitrogens is 6. The molecule has 12 aromatic carbocycles. The van der Waals surface area contributed by atoms with Crippen LogP contribution in [0.1, 0.15) is 0 Å². The molecule has 0 unspecified atom stereocenters. The van der Waals surface area contributed by atoms with Crippen molar-refractivity contribution >= 4 is 132 Å². The van der Waals surface area contributed by atoms with Gasteiger partial charge in [-0.3, -0.25) is 9.13 Å². The molecule has 18 rings (SSSR count).